The monoisotopic (exact) mass is 548 g/mol. The van der Waals surface area contributed by atoms with Crippen LogP contribution in [-0.4, -0.2) is 52.6 Å². The largest absolute Gasteiger partial charge is 0.465 e. The molecule has 2 fully saturated rings. The molecule has 1 aromatic carbocycles. The van der Waals surface area contributed by atoms with E-state index in [1.807, 2.05) is 22.6 Å². The van der Waals surface area contributed by atoms with Gasteiger partial charge in [-0.25, -0.2) is 9.59 Å². The van der Waals surface area contributed by atoms with E-state index < -0.39 is 49.7 Å². The van der Waals surface area contributed by atoms with E-state index in [4.69, 9.17) is 14.0 Å². The molecule has 4 unspecified atom stereocenters. The maximum absolute atomic E-state index is 13.4. The summed E-state index contributed by atoms with van der Waals surface area (Å²) < 4.78 is 73.5. The summed E-state index contributed by atoms with van der Waals surface area (Å²) in [6.07, 6.45) is -0.925. The molecule has 1 aromatic rings. The molecule has 3 aliphatic rings. The highest BCUT2D eigenvalue weighted by Gasteiger charge is 2.64. The highest BCUT2D eigenvalue weighted by atomic mass is 127. The summed E-state index contributed by atoms with van der Waals surface area (Å²) in [5.41, 5.74) is 0.279. The van der Waals surface area contributed by atoms with E-state index in [0.717, 1.165) is 3.57 Å². The van der Waals surface area contributed by atoms with Crippen molar-refractivity contribution in [1.29, 1.82) is 0 Å². The first-order chi connectivity index (χ1) is 12.9. The van der Waals surface area contributed by atoms with Gasteiger partial charge in [0.1, 0.15) is 17.4 Å². The topological polar surface area (TPSA) is 116 Å². The number of thioether (sulfide) groups is 1. The molecule has 4 atom stereocenters. The summed E-state index contributed by atoms with van der Waals surface area (Å²) in [5, 5.41) is -6.09. The number of benzene rings is 1. The first-order valence-electron chi connectivity index (χ1n) is 7.86. The van der Waals surface area contributed by atoms with Gasteiger partial charge in [-0.2, -0.15) is 17.2 Å². The Morgan fingerprint density at radius 2 is 2.11 bits per heavy atom. The standard InChI is InChI=1S/C15H11F2IO8S2/c16-15(17,28(21,22)23)13(20)24-9-4-11-14(5-10(9)27-11)25-8-2-1-6(18)3-7(8)12(19)26-14/h1-3,9-11H,4-5H2,(H,21,22,23). The Morgan fingerprint density at radius 1 is 1.39 bits per heavy atom. The van der Waals surface area contributed by atoms with Crippen LogP contribution in [0.15, 0.2) is 18.2 Å². The number of carbonyl (C=O) groups is 2. The zero-order chi connectivity index (χ0) is 20.5. The minimum atomic E-state index is -5.94. The first-order valence-corrected chi connectivity index (χ1v) is 11.3. The van der Waals surface area contributed by atoms with Crippen molar-refractivity contribution in [3.63, 3.8) is 0 Å². The zero-order valence-corrected chi connectivity index (χ0v) is 17.4. The number of fused-ring (bicyclic) bond motifs is 4. The Bertz CT molecular complexity index is 984. The van der Waals surface area contributed by atoms with Gasteiger partial charge in [-0.15, -0.1) is 11.8 Å². The summed E-state index contributed by atoms with van der Waals surface area (Å²) in [5.74, 6) is -3.87. The molecule has 1 spiro atoms. The molecular weight excluding hydrogens is 537 g/mol. The Kier molecular flexibility index (Phi) is 4.60. The van der Waals surface area contributed by atoms with E-state index in [9.17, 15) is 26.8 Å². The average Bonchev–Trinajstić information content (AvgIpc) is 3.12. The van der Waals surface area contributed by atoms with E-state index in [0.29, 0.717) is 5.75 Å². The van der Waals surface area contributed by atoms with Gasteiger partial charge in [-0.3, -0.25) is 4.55 Å². The predicted octanol–water partition coefficient (Wildman–Crippen LogP) is 2.21. The Labute approximate surface area is 175 Å². The number of hydrogen-bond acceptors (Lipinski definition) is 8. The molecule has 0 amide bonds. The smallest absolute Gasteiger partial charge is 0.456 e. The molecule has 0 aliphatic carbocycles. The molecule has 8 nitrogen and oxygen atoms in total. The lowest BCUT2D eigenvalue weighted by molar-refractivity contribution is -0.185. The summed E-state index contributed by atoms with van der Waals surface area (Å²) in [7, 11) is -5.94. The lowest BCUT2D eigenvalue weighted by atomic mass is 9.90. The van der Waals surface area contributed by atoms with Crippen molar-refractivity contribution in [2.45, 2.75) is 40.5 Å². The molecule has 1 N–H and O–H groups in total. The van der Waals surface area contributed by atoms with Gasteiger partial charge in [0.2, 0.25) is 0 Å². The fourth-order valence-corrected chi connectivity index (χ4v) is 5.95. The molecule has 0 saturated carbocycles. The molecule has 3 aliphatic heterocycles. The second-order valence-electron chi connectivity index (χ2n) is 6.48. The number of carbonyl (C=O) groups excluding carboxylic acids is 2. The lowest BCUT2D eigenvalue weighted by Crippen LogP contribution is -2.54. The number of alkyl halides is 2. The number of ether oxygens (including phenoxy) is 3. The fourth-order valence-electron chi connectivity index (χ4n) is 3.41. The summed E-state index contributed by atoms with van der Waals surface area (Å²) in [6.45, 7) is 0. The van der Waals surface area contributed by atoms with Crippen molar-refractivity contribution in [3.05, 3.63) is 27.3 Å². The molecule has 28 heavy (non-hydrogen) atoms. The van der Waals surface area contributed by atoms with Gasteiger partial charge < -0.3 is 14.2 Å². The van der Waals surface area contributed by atoms with Crippen LogP contribution in [0, 0.1) is 3.57 Å². The fraction of sp³-hybridized carbons (Fsp3) is 0.467. The second-order valence-corrected chi connectivity index (χ2v) is 10.6. The number of hydrogen-bond donors (Lipinski definition) is 1. The van der Waals surface area contributed by atoms with Crippen LogP contribution < -0.4 is 4.74 Å². The molecule has 0 aromatic heterocycles. The highest BCUT2D eigenvalue weighted by Crippen LogP contribution is 2.56. The quantitative estimate of drug-likeness (QED) is 0.345. The van der Waals surface area contributed by atoms with Gasteiger partial charge >= 0.3 is 27.3 Å². The van der Waals surface area contributed by atoms with E-state index in [1.165, 1.54) is 11.8 Å². The van der Waals surface area contributed by atoms with Crippen molar-refractivity contribution in [2.24, 2.45) is 0 Å². The van der Waals surface area contributed by atoms with Crippen LogP contribution in [0.4, 0.5) is 8.78 Å². The lowest BCUT2D eigenvalue weighted by Gasteiger charge is -2.40. The molecular formula is C15H11F2IO8S2. The number of halogens is 3. The molecule has 2 bridgehead atoms. The number of esters is 2. The normalized spacial score (nSPS) is 31.3. The molecule has 13 heteroatoms. The van der Waals surface area contributed by atoms with Gasteiger partial charge in [0.15, 0.2) is 0 Å². The SMILES string of the molecule is O=C1OC2(CC3SC2CC3OC(=O)C(F)(F)S(=O)(=O)O)Oc2ccc(I)cc21. The average molecular weight is 548 g/mol. The van der Waals surface area contributed by atoms with E-state index in [1.54, 1.807) is 18.2 Å². The molecule has 152 valence electrons. The zero-order valence-electron chi connectivity index (χ0n) is 13.6. The van der Waals surface area contributed by atoms with Crippen LogP contribution in [0.25, 0.3) is 0 Å². The predicted molar refractivity (Wildman–Crippen MR) is 98.7 cm³/mol. The van der Waals surface area contributed by atoms with Crippen molar-refractivity contribution in [3.8, 4) is 5.75 Å². The van der Waals surface area contributed by atoms with Crippen LogP contribution in [0.5, 0.6) is 5.75 Å². The third-order valence-electron chi connectivity index (χ3n) is 4.71. The third-order valence-corrected chi connectivity index (χ3v) is 7.89. The minimum absolute atomic E-state index is 0.0234. The van der Waals surface area contributed by atoms with Crippen LogP contribution in [-0.2, 0) is 24.4 Å². The number of rotatable bonds is 3. The maximum atomic E-state index is 13.4. The Balaban J connectivity index is 1.50. The van der Waals surface area contributed by atoms with Gasteiger partial charge in [0, 0.05) is 21.7 Å². The van der Waals surface area contributed by atoms with Crippen LogP contribution in [0.1, 0.15) is 23.2 Å². The van der Waals surface area contributed by atoms with Gasteiger partial charge in [-0.1, -0.05) is 0 Å². The van der Waals surface area contributed by atoms with Crippen LogP contribution in [0.2, 0.25) is 0 Å². The van der Waals surface area contributed by atoms with Crippen molar-refractivity contribution >= 4 is 56.4 Å². The summed E-state index contributed by atoms with van der Waals surface area (Å²) in [4.78, 5) is 23.9. The minimum Gasteiger partial charge on any atom is -0.456 e. The van der Waals surface area contributed by atoms with Gasteiger partial charge in [-0.05, 0) is 40.8 Å². The van der Waals surface area contributed by atoms with E-state index >= 15 is 0 Å². The summed E-state index contributed by atoms with van der Waals surface area (Å²) >= 11 is 3.29. The van der Waals surface area contributed by atoms with Crippen molar-refractivity contribution < 1.29 is 45.6 Å². The second kappa shape index (κ2) is 6.40. The van der Waals surface area contributed by atoms with Gasteiger partial charge in [0.25, 0.3) is 5.79 Å². The summed E-state index contributed by atoms with van der Waals surface area (Å²) in [6, 6.07) is 5.02. The molecule has 4 rings (SSSR count). The maximum Gasteiger partial charge on any atom is 0.465 e. The molecule has 3 heterocycles. The first kappa shape index (κ1) is 20.1. The van der Waals surface area contributed by atoms with E-state index in [-0.39, 0.29) is 18.4 Å². The highest BCUT2D eigenvalue weighted by molar-refractivity contribution is 14.1. The Hall–Kier alpha value is -1.19. The Morgan fingerprint density at radius 3 is 2.71 bits per heavy atom. The van der Waals surface area contributed by atoms with E-state index in [2.05, 4.69) is 4.74 Å². The molecule has 2 saturated heterocycles. The van der Waals surface area contributed by atoms with Crippen molar-refractivity contribution in [2.75, 3.05) is 0 Å². The van der Waals surface area contributed by atoms with Crippen LogP contribution >= 0.6 is 34.4 Å². The van der Waals surface area contributed by atoms with Crippen LogP contribution in [0.3, 0.4) is 0 Å². The molecule has 0 radical (unpaired) electrons. The van der Waals surface area contributed by atoms with Gasteiger partial charge in [0.05, 0.1) is 5.25 Å². The third kappa shape index (κ3) is 3.06. The van der Waals surface area contributed by atoms with Crippen molar-refractivity contribution in [1.82, 2.24) is 0 Å².